The molecule has 3 aromatic carbocycles. The highest BCUT2D eigenvalue weighted by atomic mass is 35.5. The first kappa shape index (κ1) is 19.5. The number of hydrogen-bond acceptors (Lipinski definition) is 3. The molecule has 0 heterocycles. The van der Waals surface area contributed by atoms with Crippen LogP contribution in [0.3, 0.4) is 0 Å². The summed E-state index contributed by atoms with van der Waals surface area (Å²) < 4.78 is 5.91. The Balaban J connectivity index is 1.79. The molecule has 3 aromatic rings. The monoisotopic (exact) mass is 394 g/mol. The lowest BCUT2D eigenvalue weighted by Crippen LogP contribution is -2.36. The Kier molecular flexibility index (Phi) is 6.29. The first-order valence-corrected chi connectivity index (χ1v) is 9.06. The van der Waals surface area contributed by atoms with E-state index in [4.69, 9.17) is 16.3 Å². The number of para-hydroxylation sites is 3. The maximum Gasteiger partial charge on any atom is 0.244 e. The first-order valence-electron chi connectivity index (χ1n) is 8.68. The number of anilines is 2. The predicted octanol–water partition coefficient (Wildman–Crippen LogP) is 5.12. The van der Waals surface area contributed by atoms with Crippen LogP contribution in [-0.4, -0.2) is 18.4 Å². The molecule has 0 aliphatic heterocycles. The fourth-order valence-electron chi connectivity index (χ4n) is 2.63. The molecule has 0 aliphatic rings. The Morgan fingerprint density at radius 2 is 1.57 bits per heavy atom. The molecule has 0 saturated heterocycles. The van der Waals surface area contributed by atoms with E-state index in [1.165, 1.54) is 11.8 Å². The van der Waals surface area contributed by atoms with Crippen LogP contribution in [0.2, 0.25) is 5.02 Å². The van der Waals surface area contributed by atoms with Crippen LogP contribution in [0.15, 0.2) is 78.9 Å². The molecule has 0 saturated carbocycles. The zero-order valence-electron chi connectivity index (χ0n) is 15.3. The van der Waals surface area contributed by atoms with Crippen molar-refractivity contribution >= 4 is 34.8 Å². The van der Waals surface area contributed by atoms with E-state index in [0.29, 0.717) is 27.9 Å². The maximum atomic E-state index is 12.5. The summed E-state index contributed by atoms with van der Waals surface area (Å²) in [5.74, 6) is 0.537. The van der Waals surface area contributed by atoms with Gasteiger partial charge in [0.1, 0.15) is 12.3 Å². The van der Waals surface area contributed by atoms with Crippen LogP contribution in [0.25, 0.3) is 0 Å². The SMILES string of the molecule is CC(=O)N(CC(=O)Nc1ccc(Cl)cc1)c1ccccc1Oc1ccccc1. The summed E-state index contributed by atoms with van der Waals surface area (Å²) in [4.78, 5) is 26.1. The van der Waals surface area contributed by atoms with Gasteiger partial charge in [-0.15, -0.1) is 0 Å². The number of carbonyl (C=O) groups excluding carboxylic acids is 2. The van der Waals surface area contributed by atoms with Gasteiger partial charge in [-0.2, -0.15) is 0 Å². The topological polar surface area (TPSA) is 58.6 Å². The Hall–Kier alpha value is -3.31. The van der Waals surface area contributed by atoms with Crippen molar-refractivity contribution in [3.63, 3.8) is 0 Å². The standard InChI is InChI=1S/C22H19ClN2O3/c1-16(26)25(15-22(27)24-18-13-11-17(23)12-14-18)20-9-5-6-10-21(20)28-19-7-3-2-4-8-19/h2-14H,15H2,1H3,(H,24,27). The quantitative estimate of drug-likeness (QED) is 0.631. The number of benzene rings is 3. The third-order valence-electron chi connectivity index (χ3n) is 3.94. The van der Waals surface area contributed by atoms with Gasteiger partial charge in [-0.05, 0) is 48.5 Å². The number of amides is 2. The van der Waals surface area contributed by atoms with Gasteiger partial charge in [-0.1, -0.05) is 41.9 Å². The van der Waals surface area contributed by atoms with Gasteiger partial charge < -0.3 is 10.1 Å². The molecule has 0 fully saturated rings. The molecule has 28 heavy (non-hydrogen) atoms. The van der Waals surface area contributed by atoms with Gasteiger partial charge in [0.2, 0.25) is 11.8 Å². The molecule has 0 aliphatic carbocycles. The van der Waals surface area contributed by atoms with Crippen LogP contribution in [0.1, 0.15) is 6.92 Å². The molecule has 0 bridgehead atoms. The zero-order chi connectivity index (χ0) is 19.9. The summed E-state index contributed by atoms with van der Waals surface area (Å²) in [6, 6.07) is 23.1. The number of carbonyl (C=O) groups is 2. The van der Waals surface area contributed by atoms with Crippen LogP contribution in [0.4, 0.5) is 11.4 Å². The van der Waals surface area contributed by atoms with Crippen molar-refractivity contribution in [3.05, 3.63) is 83.9 Å². The largest absolute Gasteiger partial charge is 0.455 e. The van der Waals surface area contributed by atoms with Crippen molar-refractivity contribution in [3.8, 4) is 11.5 Å². The molecular weight excluding hydrogens is 376 g/mol. The summed E-state index contributed by atoms with van der Waals surface area (Å²) in [6.45, 7) is 1.27. The van der Waals surface area contributed by atoms with Crippen LogP contribution < -0.4 is 15.0 Å². The van der Waals surface area contributed by atoms with E-state index < -0.39 is 0 Å². The number of ether oxygens (including phenoxy) is 1. The molecule has 3 rings (SSSR count). The minimum absolute atomic E-state index is 0.146. The van der Waals surface area contributed by atoms with Crippen molar-refractivity contribution in [1.29, 1.82) is 0 Å². The molecule has 0 radical (unpaired) electrons. The second kappa shape index (κ2) is 9.06. The number of nitrogens with one attached hydrogen (secondary N) is 1. The number of hydrogen-bond donors (Lipinski definition) is 1. The van der Waals surface area contributed by atoms with Crippen LogP contribution in [0.5, 0.6) is 11.5 Å². The Morgan fingerprint density at radius 1 is 0.929 bits per heavy atom. The van der Waals surface area contributed by atoms with Crippen molar-refractivity contribution in [1.82, 2.24) is 0 Å². The molecule has 2 amide bonds. The van der Waals surface area contributed by atoms with Gasteiger partial charge in [-0.25, -0.2) is 0 Å². The van der Waals surface area contributed by atoms with Gasteiger partial charge in [-0.3, -0.25) is 14.5 Å². The third-order valence-corrected chi connectivity index (χ3v) is 4.19. The molecule has 5 nitrogen and oxygen atoms in total. The fraction of sp³-hybridized carbons (Fsp3) is 0.0909. The van der Waals surface area contributed by atoms with Crippen molar-refractivity contribution in [2.24, 2.45) is 0 Å². The average molecular weight is 395 g/mol. The van der Waals surface area contributed by atoms with Crippen molar-refractivity contribution < 1.29 is 14.3 Å². The van der Waals surface area contributed by atoms with Gasteiger partial charge in [0.05, 0.1) is 5.69 Å². The molecule has 6 heteroatoms. The lowest BCUT2D eigenvalue weighted by molar-refractivity contribution is -0.120. The maximum absolute atomic E-state index is 12.5. The summed E-state index contributed by atoms with van der Waals surface area (Å²) in [5.41, 5.74) is 1.12. The first-order chi connectivity index (χ1) is 13.5. The zero-order valence-corrected chi connectivity index (χ0v) is 16.0. The number of rotatable bonds is 6. The predicted molar refractivity (Wildman–Crippen MR) is 111 cm³/mol. The molecule has 1 N–H and O–H groups in total. The summed E-state index contributed by atoms with van der Waals surface area (Å²) >= 11 is 5.86. The van der Waals surface area contributed by atoms with Crippen LogP contribution in [0, 0.1) is 0 Å². The van der Waals surface area contributed by atoms with E-state index in [0.717, 1.165) is 0 Å². The van der Waals surface area contributed by atoms with E-state index in [1.807, 2.05) is 36.4 Å². The summed E-state index contributed by atoms with van der Waals surface area (Å²) in [7, 11) is 0. The second-order valence-corrected chi connectivity index (χ2v) is 6.48. The van der Waals surface area contributed by atoms with Crippen molar-refractivity contribution in [2.75, 3.05) is 16.8 Å². The highest BCUT2D eigenvalue weighted by Gasteiger charge is 2.20. The van der Waals surface area contributed by atoms with Crippen LogP contribution in [-0.2, 0) is 9.59 Å². The van der Waals surface area contributed by atoms with Gasteiger partial charge in [0, 0.05) is 17.6 Å². The molecule has 0 unspecified atom stereocenters. The Bertz CT molecular complexity index is 959. The summed E-state index contributed by atoms with van der Waals surface area (Å²) in [6.07, 6.45) is 0. The molecule has 0 atom stereocenters. The van der Waals surface area contributed by atoms with Gasteiger partial charge >= 0.3 is 0 Å². The Morgan fingerprint density at radius 3 is 2.25 bits per heavy atom. The minimum atomic E-state index is -0.327. The van der Waals surface area contributed by atoms with Crippen LogP contribution >= 0.6 is 11.6 Å². The lowest BCUT2D eigenvalue weighted by atomic mass is 10.2. The molecular formula is C22H19ClN2O3. The molecule has 142 valence electrons. The highest BCUT2D eigenvalue weighted by molar-refractivity contribution is 6.30. The van der Waals surface area contributed by atoms with E-state index in [-0.39, 0.29) is 18.4 Å². The normalized spacial score (nSPS) is 10.2. The molecule has 0 aromatic heterocycles. The number of nitrogens with zero attached hydrogens (tertiary/aromatic N) is 1. The van der Waals surface area contributed by atoms with E-state index in [1.54, 1.807) is 42.5 Å². The lowest BCUT2D eigenvalue weighted by Gasteiger charge is -2.23. The van der Waals surface area contributed by atoms with Gasteiger partial charge in [0.25, 0.3) is 0 Å². The Labute approximate surface area is 168 Å². The molecule has 0 spiro atoms. The fourth-order valence-corrected chi connectivity index (χ4v) is 2.75. The minimum Gasteiger partial charge on any atom is -0.455 e. The summed E-state index contributed by atoms with van der Waals surface area (Å²) in [5, 5.41) is 3.34. The van der Waals surface area contributed by atoms with E-state index >= 15 is 0 Å². The third kappa shape index (κ3) is 5.11. The van der Waals surface area contributed by atoms with Gasteiger partial charge in [0.15, 0.2) is 5.75 Å². The van der Waals surface area contributed by atoms with E-state index in [2.05, 4.69) is 5.32 Å². The van der Waals surface area contributed by atoms with E-state index in [9.17, 15) is 9.59 Å². The smallest absolute Gasteiger partial charge is 0.244 e. The number of halogens is 1. The average Bonchev–Trinajstić information content (AvgIpc) is 2.69. The second-order valence-electron chi connectivity index (χ2n) is 6.04. The van der Waals surface area contributed by atoms with Crippen molar-refractivity contribution in [2.45, 2.75) is 6.92 Å². The highest BCUT2D eigenvalue weighted by Crippen LogP contribution is 2.32.